The maximum atomic E-state index is 5.97. The largest absolute Gasteiger partial charge is 0.493 e. The van der Waals surface area contributed by atoms with E-state index in [0.717, 1.165) is 28.7 Å². The molecule has 0 atom stereocenters. The second kappa shape index (κ2) is 9.74. The Kier molecular flexibility index (Phi) is 7.10. The highest BCUT2D eigenvalue weighted by Crippen LogP contribution is 2.37. The molecule has 0 amide bonds. The topological polar surface area (TPSA) is 43.4 Å². The van der Waals surface area contributed by atoms with E-state index in [9.17, 15) is 0 Å². The highest BCUT2D eigenvalue weighted by molar-refractivity contribution is 9.10. The molecule has 1 heterocycles. The van der Waals surface area contributed by atoms with Crippen LogP contribution in [0.3, 0.4) is 0 Å². The molecule has 1 aromatic heterocycles. The molecule has 0 saturated heterocycles. The van der Waals surface area contributed by atoms with Gasteiger partial charge in [0.1, 0.15) is 6.61 Å². The summed E-state index contributed by atoms with van der Waals surface area (Å²) in [6.45, 7) is 1.93. The fourth-order valence-corrected chi connectivity index (χ4v) is 3.33. The van der Waals surface area contributed by atoms with Gasteiger partial charge in [0, 0.05) is 30.5 Å². The number of methoxy groups -OCH3 is 1. The Morgan fingerprint density at radius 3 is 2.37 bits per heavy atom. The lowest BCUT2D eigenvalue weighted by Crippen LogP contribution is -2.13. The second-order valence-electron chi connectivity index (χ2n) is 5.98. The minimum atomic E-state index is 0.436. The summed E-state index contributed by atoms with van der Waals surface area (Å²) in [7, 11) is 1.64. The third-order valence-electron chi connectivity index (χ3n) is 3.99. The van der Waals surface area contributed by atoms with Crippen LogP contribution in [0, 0.1) is 0 Å². The molecule has 2 aromatic carbocycles. The predicted octanol–water partition coefficient (Wildman–Crippen LogP) is 5.37. The van der Waals surface area contributed by atoms with Gasteiger partial charge in [-0.25, -0.2) is 0 Å². The molecule has 0 aliphatic carbocycles. The maximum absolute atomic E-state index is 5.97. The minimum Gasteiger partial charge on any atom is -0.493 e. The minimum absolute atomic E-state index is 0.436. The van der Waals surface area contributed by atoms with Crippen molar-refractivity contribution >= 4 is 27.5 Å². The Bertz CT molecular complexity index is 873. The number of pyridine rings is 1. The lowest BCUT2D eigenvalue weighted by atomic mass is 10.2. The quantitative estimate of drug-likeness (QED) is 0.504. The van der Waals surface area contributed by atoms with Crippen molar-refractivity contribution in [3.63, 3.8) is 0 Å². The van der Waals surface area contributed by atoms with Gasteiger partial charge < -0.3 is 14.8 Å². The Hall–Kier alpha value is -2.08. The monoisotopic (exact) mass is 446 g/mol. The van der Waals surface area contributed by atoms with E-state index in [-0.39, 0.29) is 0 Å². The van der Waals surface area contributed by atoms with Crippen LogP contribution in [0.15, 0.2) is 65.4 Å². The molecule has 0 aliphatic rings. The smallest absolute Gasteiger partial charge is 0.175 e. The van der Waals surface area contributed by atoms with Gasteiger partial charge >= 0.3 is 0 Å². The van der Waals surface area contributed by atoms with Crippen molar-refractivity contribution in [2.24, 2.45) is 0 Å². The summed E-state index contributed by atoms with van der Waals surface area (Å²) in [6.07, 6.45) is 3.59. The van der Waals surface area contributed by atoms with E-state index in [0.29, 0.717) is 23.1 Å². The van der Waals surface area contributed by atoms with Crippen LogP contribution in [0.25, 0.3) is 0 Å². The molecule has 3 aromatic rings. The van der Waals surface area contributed by atoms with Gasteiger partial charge in [-0.2, -0.15) is 0 Å². The average molecular weight is 448 g/mol. The number of halogens is 2. The fourth-order valence-electron chi connectivity index (χ4n) is 2.60. The summed E-state index contributed by atoms with van der Waals surface area (Å²) >= 11 is 9.52. The first-order chi connectivity index (χ1) is 13.2. The highest BCUT2D eigenvalue weighted by atomic mass is 79.9. The van der Waals surface area contributed by atoms with Gasteiger partial charge in [0.05, 0.1) is 11.6 Å². The molecule has 0 radical (unpaired) electrons. The van der Waals surface area contributed by atoms with Crippen molar-refractivity contribution in [1.29, 1.82) is 0 Å². The number of nitrogens with zero attached hydrogens (tertiary/aromatic N) is 1. The van der Waals surface area contributed by atoms with Gasteiger partial charge in [0.15, 0.2) is 11.5 Å². The molecule has 3 rings (SSSR count). The van der Waals surface area contributed by atoms with Gasteiger partial charge in [-0.1, -0.05) is 23.7 Å². The van der Waals surface area contributed by atoms with Gasteiger partial charge in [-0.15, -0.1) is 0 Å². The van der Waals surface area contributed by atoms with Crippen LogP contribution in [-0.4, -0.2) is 12.1 Å². The van der Waals surface area contributed by atoms with Gasteiger partial charge in [-0.05, 0) is 69.0 Å². The summed E-state index contributed by atoms with van der Waals surface area (Å²) in [5.74, 6) is 1.38. The molecule has 0 unspecified atom stereocenters. The highest BCUT2D eigenvalue weighted by Gasteiger charge is 2.12. The zero-order chi connectivity index (χ0) is 19.1. The number of hydrogen-bond donors (Lipinski definition) is 1. The summed E-state index contributed by atoms with van der Waals surface area (Å²) in [5, 5.41) is 4.13. The van der Waals surface area contributed by atoms with Crippen LogP contribution in [0.2, 0.25) is 5.02 Å². The molecule has 0 fully saturated rings. The van der Waals surface area contributed by atoms with Crippen LogP contribution in [0.5, 0.6) is 11.5 Å². The van der Waals surface area contributed by atoms with E-state index < -0.39 is 0 Å². The number of benzene rings is 2. The lowest BCUT2D eigenvalue weighted by molar-refractivity contribution is 0.282. The predicted molar refractivity (Wildman–Crippen MR) is 111 cm³/mol. The third kappa shape index (κ3) is 5.70. The van der Waals surface area contributed by atoms with Gasteiger partial charge in [0.2, 0.25) is 0 Å². The van der Waals surface area contributed by atoms with E-state index >= 15 is 0 Å². The zero-order valence-corrected chi connectivity index (χ0v) is 17.3. The van der Waals surface area contributed by atoms with Crippen LogP contribution in [-0.2, 0) is 19.7 Å². The first-order valence-corrected chi connectivity index (χ1v) is 9.66. The molecule has 6 heteroatoms. The fraction of sp³-hybridized carbons (Fsp3) is 0.190. The number of ether oxygens (including phenoxy) is 2. The van der Waals surface area contributed by atoms with Crippen molar-refractivity contribution in [3.8, 4) is 11.5 Å². The SMILES string of the molecule is COc1cc(CNCc2ccncc2)cc(Br)c1OCc1ccc(Cl)cc1. The van der Waals surface area contributed by atoms with Crippen molar-refractivity contribution in [3.05, 3.63) is 87.1 Å². The van der Waals surface area contributed by atoms with E-state index in [1.807, 2.05) is 48.5 Å². The lowest BCUT2D eigenvalue weighted by Gasteiger charge is -2.15. The van der Waals surface area contributed by atoms with E-state index in [1.54, 1.807) is 19.5 Å². The summed E-state index contributed by atoms with van der Waals surface area (Å²) in [6, 6.07) is 15.6. The Morgan fingerprint density at radius 1 is 0.963 bits per heavy atom. The number of nitrogens with one attached hydrogen (secondary N) is 1. The molecule has 4 nitrogen and oxygen atoms in total. The molecule has 140 valence electrons. The van der Waals surface area contributed by atoms with Crippen LogP contribution in [0.1, 0.15) is 16.7 Å². The Morgan fingerprint density at radius 2 is 1.67 bits per heavy atom. The number of rotatable bonds is 8. The normalized spacial score (nSPS) is 10.6. The Labute approximate surface area is 172 Å². The van der Waals surface area contributed by atoms with E-state index in [1.165, 1.54) is 5.56 Å². The Balaban J connectivity index is 1.64. The molecule has 0 saturated carbocycles. The molecule has 0 aliphatic heterocycles. The molecule has 0 bridgehead atoms. The van der Waals surface area contributed by atoms with Crippen LogP contribution < -0.4 is 14.8 Å². The molecular formula is C21H20BrClN2O2. The molecule has 1 N–H and O–H groups in total. The molecular weight excluding hydrogens is 428 g/mol. The summed E-state index contributed by atoms with van der Waals surface area (Å²) in [4.78, 5) is 4.03. The van der Waals surface area contributed by atoms with Gasteiger partial charge in [-0.3, -0.25) is 4.98 Å². The standard InChI is InChI=1S/C21H20BrClN2O2/c1-26-20-11-17(13-25-12-15-6-8-24-9-7-15)10-19(22)21(20)27-14-16-2-4-18(23)5-3-16/h2-11,25H,12-14H2,1H3. The van der Waals surface area contributed by atoms with Crippen molar-refractivity contribution < 1.29 is 9.47 Å². The zero-order valence-electron chi connectivity index (χ0n) is 14.9. The third-order valence-corrected chi connectivity index (χ3v) is 4.83. The second-order valence-corrected chi connectivity index (χ2v) is 7.27. The number of hydrogen-bond acceptors (Lipinski definition) is 4. The van der Waals surface area contributed by atoms with Crippen LogP contribution in [0.4, 0.5) is 0 Å². The summed E-state index contributed by atoms with van der Waals surface area (Å²) < 4.78 is 12.4. The van der Waals surface area contributed by atoms with Crippen LogP contribution >= 0.6 is 27.5 Å². The first kappa shape index (κ1) is 19.7. The van der Waals surface area contributed by atoms with Crippen molar-refractivity contribution in [2.45, 2.75) is 19.7 Å². The average Bonchev–Trinajstić information content (AvgIpc) is 2.69. The number of aromatic nitrogens is 1. The van der Waals surface area contributed by atoms with Crippen molar-refractivity contribution in [1.82, 2.24) is 10.3 Å². The van der Waals surface area contributed by atoms with E-state index in [4.69, 9.17) is 21.1 Å². The van der Waals surface area contributed by atoms with E-state index in [2.05, 4.69) is 26.2 Å². The molecule has 27 heavy (non-hydrogen) atoms. The van der Waals surface area contributed by atoms with Gasteiger partial charge in [0.25, 0.3) is 0 Å². The molecule has 0 spiro atoms. The maximum Gasteiger partial charge on any atom is 0.175 e. The first-order valence-electron chi connectivity index (χ1n) is 8.49. The van der Waals surface area contributed by atoms with Crippen molar-refractivity contribution in [2.75, 3.05) is 7.11 Å². The summed E-state index contributed by atoms with van der Waals surface area (Å²) in [5.41, 5.74) is 3.34.